The number of nitrogens with one attached hydrogen (secondary N) is 9. The summed E-state index contributed by atoms with van der Waals surface area (Å²) < 4.78 is 0. The molecule has 0 aliphatic carbocycles. The summed E-state index contributed by atoms with van der Waals surface area (Å²) in [6, 6.07) is -4.13. The maximum Gasteiger partial charge on any atom is 0.326 e. The van der Waals surface area contributed by atoms with E-state index >= 15 is 0 Å². The first kappa shape index (κ1) is 65.6. The topological polar surface area (TPSA) is 457 Å². The average Bonchev–Trinajstić information content (AvgIpc) is 3.86. The fraction of sp³-hybridized carbons (Fsp3) is 0.600. The lowest BCUT2D eigenvalue weighted by Gasteiger charge is -2.30. The maximum absolute atomic E-state index is 14.1. The number of carboxylic acid groups (broad SMARTS) is 1. The van der Waals surface area contributed by atoms with E-state index in [1.165, 1.54) is 19.4 Å². The van der Waals surface area contributed by atoms with Crippen molar-refractivity contribution in [2.75, 3.05) is 6.54 Å². The molecule has 77 heavy (non-hydrogen) atoms. The Morgan fingerprint density at radius 2 is 1.01 bits per heavy atom. The molecule has 0 saturated heterocycles. The first-order valence-corrected chi connectivity index (χ1v) is 25.5. The molecule has 0 bridgehead atoms. The molecule has 0 saturated carbocycles. The van der Waals surface area contributed by atoms with Crippen LogP contribution >= 0.6 is 0 Å². The quantitative estimate of drug-likeness (QED) is 0.0298. The number of amides is 10. The van der Waals surface area contributed by atoms with Gasteiger partial charge in [0.05, 0.1) is 31.3 Å². The highest BCUT2D eigenvalue weighted by molar-refractivity contribution is 5.99. The number of aliphatic hydroxyl groups excluding tert-OH is 1. The number of carbonyl (C=O) groups is 11. The van der Waals surface area contributed by atoms with Crippen molar-refractivity contribution in [2.45, 2.75) is 167 Å². The minimum Gasteiger partial charge on any atom is -0.480 e. The van der Waals surface area contributed by atoms with Gasteiger partial charge in [-0.2, -0.15) is 0 Å². The Kier molecular flexibility index (Phi) is 28.0. The van der Waals surface area contributed by atoms with Gasteiger partial charge in [0.2, 0.25) is 59.1 Å². The highest BCUT2D eigenvalue weighted by Gasteiger charge is 2.37. The summed E-state index contributed by atoms with van der Waals surface area (Å²) in [5.41, 5.74) is 23.7. The number of rotatable bonds is 35. The van der Waals surface area contributed by atoms with Gasteiger partial charge in [-0.05, 0) is 75.3 Å². The van der Waals surface area contributed by atoms with Crippen molar-refractivity contribution in [1.29, 1.82) is 0 Å². The molecule has 10 atom stereocenters. The van der Waals surface area contributed by atoms with Crippen LogP contribution in [0.1, 0.15) is 105 Å². The van der Waals surface area contributed by atoms with Crippen LogP contribution in [0.5, 0.6) is 0 Å². The molecule has 19 N–H and O–H groups in total. The SMILES string of the molecule is CC(C)C[C@H](NC(=O)[C@@H](NC(=O)[C@H](CC(N)=O)NC(=O)[C@H](CC(C)C)NC(=O)[C@@H](NC(=O)[C@H](CCCCN)NC(=O)[C@@H](N)Cc1ccccc1)[C@@H](C)O)C(C)C)C(=O)N[C@@H](Cc1cnc[nH]1)C(=O)N[C@@H](CC(N)=O)C(=O)O. The molecule has 0 aliphatic rings. The summed E-state index contributed by atoms with van der Waals surface area (Å²) in [5, 5.41) is 40.3. The first-order valence-electron chi connectivity index (χ1n) is 25.5. The van der Waals surface area contributed by atoms with Gasteiger partial charge in [-0.1, -0.05) is 71.9 Å². The van der Waals surface area contributed by atoms with E-state index in [-0.39, 0.29) is 43.9 Å². The molecule has 428 valence electrons. The lowest BCUT2D eigenvalue weighted by Crippen LogP contribution is -2.62. The monoisotopic (exact) mass is 1080 g/mol. The largest absolute Gasteiger partial charge is 0.480 e. The van der Waals surface area contributed by atoms with Crippen LogP contribution in [0.4, 0.5) is 0 Å². The van der Waals surface area contributed by atoms with Crippen molar-refractivity contribution < 1.29 is 63.0 Å². The molecule has 1 aromatic carbocycles. The molecule has 0 radical (unpaired) electrons. The third kappa shape index (κ3) is 23.9. The van der Waals surface area contributed by atoms with Crippen molar-refractivity contribution in [2.24, 2.45) is 40.7 Å². The number of benzene rings is 1. The highest BCUT2D eigenvalue weighted by Crippen LogP contribution is 2.13. The van der Waals surface area contributed by atoms with E-state index in [1.54, 1.807) is 65.8 Å². The molecule has 0 aliphatic heterocycles. The molecule has 2 aromatic rings. The van der Waals surface area contributed by atoms with Gasteiger partial charge in [-0.3, -0.25) is 47.9 Å². The Bertz CT molecular complexity index is 2300. The molecule has 1 aromatic heterocycles. The summed E-state index contributed by atoms with van der Waals surface area (Å²) in [5.74, 6) is -12.2. The number of aromatic amines is 1. The van der Waals surface area contributed by atoms with Crippen molar-refractivity contribution in [1.82, 2.24) is 52.5 Å². The smallest absolute Gasteiger partial charge is 0.326 e. The molecule has 0 unspecified atom stereocenters. The van der Waals surface area contributed by atoms with Gasteiger partial charge in [-0.25, -0.2) is 9.78 Å². The van der Waals surface area contributed by atoms with E-state index in [4.69, 9.17) is 22.9 Å². The van der Waals surface area contributed by atoms with Crippen molar-refractivity contribution >= 4 is 65.0 Å². The summed E-state index contributed by atoms with van der Waals surface area (Å²) in [4.78, 5) is 153. The lowest BCUT2D eigenvalue weighted by molar-refractivity contribution is -0.143. The van der Waals surface area contributed by atoms with Crippen LogP contribution in [0.3, 0.4) is 0 Å². The summed E-state index contributed by atoms with van der Waals surface area (Å²) in [6.45, 7) is 11.6. The highest BCUT2D eigenvalue weighted by atomic mass is 16.4. The zero-order chi connectivity index (χ0) is 58.1. The molecule has 27 nitrogen and oxygen atoms in total. The Hall–Kier alpha value is -7.52. The first-order chi connectivity index (χ1) is 36.1. The van der Waals surface area contributed by atoms with Crippen molar-refractivity contribution in [3.63, 3.8) is 0 Å². The Morgan fingerprint density at radius 3 is 1.49 bits per heavy atom. The number of nitrogens with two attached hydrogens (primary N) is 4. The van der Waals surface area contributed by atoms with Gasteiger partial charge >= 0.3 is 5.97 Å². The maximum atomic E-state index is 14.1. The summed E-state index contributed by atoms with van der Waals surface area (Å²) >= 11 is 0. The number of carbonyl (C=O) groups excluding carboxylic acids is 10. The van der Waals surface area contributed by atoms with E-state index in [0.717, 1.165) is 5.56 Å². The predicted molar refractivity (Wildman–Crippen MR) is 279 cm³/mol. The van der Waals surface area contributed by atoms with Crippen LogP contribution in [0, 0.1) is 17.8 Å². The second kappa shape index (κ2) is 32.8. The molecule has 27 heteroatoms. The van der Waals surface area contributed by atoms with Crippen LogP contribution in [-0.4, -0.2) is 152 Å². The van der Waals surface area contributed by atoms with Gasteiger partial charge in [0.15, 0.2) is 0 Å². The lowest BCUT2D eigenvalue weighted by atomic mass is 9.98. The van der Waals surface area contributed by atoms with E-state index in [0.29, 0.717) is 25.1 Å². The third-order valence-corrected chi connectivity index (χ3v) is 11.9. The van der Waals surface area contributed by atoms with Gasteiger partial charge in [0.1, 0.15) is 48.3 Å². The number of primary amides is 2. The molecular weight excluding hydrogens is 1000 g/mol. The summed E-state index contributed by atoms with van der Waals surface area (Å²) in [6.07, 6.45) is 0.450. The number of nitrogens with zero attached hydrogens (tertiary/aromatic N) is 1. The van der Waals surface area contributed by atoms with Crippen LogP contribution < -0.4 is 65.5 Å². The Labute approximate surface area is 447 Å². The zero-order valence-corrected chi connectivity index (χ0v) is 44.8. The van der Waals surface area contributed by atoms with E-state index < -0.39 is 144 Å². The van der Waals surface area contributed by atoms with Crippen LogP contribution in [0.25, 0.3) is 0 Å². The second-order valence-corrected chi connectivity index (χ2v) is 20.1. The fourth-order valence-corrected chi connectivity index (χ4v) is 7.83. The molecule has 0 fully saturated rings. The number of aromatic nitrogens is 2. The fourth-order valence-electron chi connectivity index (χ4n) is 7.83. The van der Waals surface area contributed by atoms with Gasteiger partial charge in [-0.15, -0.1) is 0 Å². The number of aliphatic carboxylic acids is 1. The second-order valence-electron chi connectivity index (χ2n) is 20.1. The molecule has 2 rings (SSSR count). The molecular formula is C50H80N14O13. The Morgan fingerprint density at radius 1 is 0.558 bits per heavy atom. The van der Waals surface area contributed by atoms with Gasteiger partial charge in [0.25, 0.3) is 0 Å². The number of hydrogen-bond donors (Lipinski definition) is 15. The van der Waals surface area contributed by atoms with Crippen molar-refractivity contribution in [3.8, 4) is 0 Å². The number of unbranched alkanes of at least 4 members (excludes halogenated alkanes) is 1. The number of hydrogen-bond acceptors (Lipinski definition) is 15. The van der Waals surface area contributed by atoms with E-state index in [1.807, 2.05) is 6.07 Å². The minimum absolute atomic E-state index is 0.00704. The third-order valence-electron chi connectivity index (χ3n) is 11.9. The molecule has 1 heterocycles. The number of H-pyrrole nitrogens is 1. The van der Waals surface area contributed by atoms with Gasteiger partial charge in [0, 0.05) is 18.3 Å². The predicted octanol–water partition coefficient (Wildman–Crippen LogP) is -3.51. The minimum atomic E-state index is -1.74. The number of imidazole rings is 1. The van der Waals surface area contributed by atoms with Crippen LogP contribution in [0.2, 0.25) is 0 Å². The Balaban J connectivity index is 2.34. The standard InChI is InChI=1S/C50H80N14O13/c1-25(2)17-33(44(70)58-35(20-30-23-55-24-56-30)46(72)62-37(50(76)77)22-39(54)67)60-48(74)40(27(5)6)63-47(73)36(21-38(53)66)59-45(71)34(18-26(3)4)61-49(75)41(28(7)65)64-43(69)32(15-11-12-16-51)57-42(68)31(52)19-29-13-9-8-10-14-29/h8-10,13-14,23-28,31-37,40-41,65H,11-12,15-22,51-52H2,1-7H3,(H2,53,66)(H2,54,67)(H,55,56)(H,57,68)(H,58,70)(H,59,71)(H,60,74)(H,61,75)(H,62,72)(H,63,73)(H,64,69)(H,76,77)/t28-,31+,32+,33+,34+,35+,36+,37+,40+,41+/m1/s1. The van der Waals surface area contributed by atoms with E-state index in [2.05, 4.69) is 52.5 Å². The van der Waals surface area contributed by atoms with Gasteiger partial charge < -0.3 is 80.7 Å². The number of carboxylic acids is 1. The molecule has 0 spiro atoms. The van der Waals surface area contributed by atoms with Crippen LogP contribution in [-0.2, 0) is 65.6 Å². The normalized spacial score (nSPS) is 15.2. The molecule has 10 amide bonds. The number of aliphatic hydroxyl groups is 1. The van der Waals surface area contributed by atoms with Crippen LogP contribution in [0.15, 0.2) is 42.9 Å². The van der Waals surface area contributed by atoms with Crippen molar-refractivity contribution in [3.05, 3.63) is 54.1 Å². The average molecular weight is 1090 g/mol. The summed E-state index contributed by atoms with van der Waals surface area (Å²) in [7, 11) is 0. The van der Waals surface area contributed by atoms with E-state index in [9.17, 15) is 63.0 Å². The zero-order valence-electron chi connectivity index (χ0n) is 44.8.